The van der Waals surface area contributed by atoms with Crippen molar-refractivity contribution in [3.8, 4) is 0 Å². The molecule has 1 amide bonds. The van der Waals surface area contributed by atoms with E-state index in [1.807, 2.05) is 11.8 Å². The molecular formula is C35H60N3O2+. The Hall–Kier alpha value is -2.37. The van der Waals surface area contributed by atoms with Crippen LogP contribution in [-0.2, 0) is 9.53 Å². The van der Waals surface area contributed by atoms with Crippen LogP contribution in [0, 0.1) is 18.8 Å². The van der Waals surface area contributed by atoms with Crippen molar-refractivity contribution in [1.29, 1.82) is 0 Å². The molecule has 1 aliphatic heterocycles. The molecule has 5 heteroatoms. The Morgan fingerprint density at radius 3 is 2.50 bits per heavy atom. The highest BCUT2D eigenvalue weighted by Gasteiger charge is 2.33. The Morgan fingerprint density at radius 2 is 1.93 bits per heavy atom. The van der Waals surface area contributed by atoms with E-state index in [9.17, 15) is 4.79 Å². The first-order valence-corrected chi connectivity index (χ1v) is 15.5. The monoisotopic (exact) mass is 554 g/mol. The summed E-state index contributed by atoms with van der Waals surface area (Å²) in [5.74, 6) is 2.24. The summed E-state index contributed by atoms with van der Waals surface area (Å²) in [6.45, 7) is 15.2. The number of benzene rings is 1. The van der Waals surface area contributed by atoms with Gasteiger partial charge in [0.25, 0.3) is 0 Å². The number of carbonyl (C=O) groups excluding carboxylic acids is 1. The minimum Gasteiger partial charge on any atom is -0.497 e. The smallest absolute Gasteiger partial charge is 0.241 e. The molecule has 1 N–H and O–H groups in total. The minimum atomic E-state index is 0.220. The lowest BCUT2D eigenvalue weighted by molar-refractivity contribution is -0.836. The molecule has 1 saturated heterocycles. The van der Waals surface area contributed by atoms with Crippen LogP contribution in [-0.4, -0.2) is 64.7 Å². The van der Waals surface area contributed by atoms with Crippen molar-refractivity contribution in [1.82, 2.24) is 4.90 Å². The van der Waals surface area contributed by atoms with E-state index < -0.39 is 0 Å². The van der Waals surface area contributed by atoms with E-state index in [2.05, 4.69) is 109 Å². The minimum absolute atomic E-state index is 0.220. The molecule has 2 unspecified atom stereocenters. The summed E-state index contributed by atoms with van der Waals surface area (Å²) >= 11 is 0. The zero-order valence-electron chi connectivity index (χ0n) is 27.4. The van der Waals surface area contributed by atoms with Crippen molar-refractivity contribution in [2.75, 3.05) is 52.8 Å². The maximum Gasteiger partial charge on any atom is 0.241 e. The van der Waals surface area contributed by atoms with Crippen molar-refractivity contribution < 1.29 is 14.4 Å². The molecule has 3 atom stereocenters. The third kappa shape index (κ3) is 13.3. The Labute approximate surface area is 247 Å². The second-order valence-corrected chi connectivity index (χ2v) is 12.0. The maximum absolute atomic E-state index is 13.7. The predicted molar refractivity (Wildman–Crippen MR) is 173 cm³/mol. The number of nitrogens with one attached hydrogen (secondary N) is 1. The van der Waals surface area contributed by atoms with Crippen molar-refractivity contribution in [2.24, 2.45) is 11.8 Å². The van der Waals surface area contributed by atoms with Gasteiger partial charge in [-0.1, -0.05) is 70.4 Å². The Kier molecular flexibility index (Phi) is 17.5. The Bertz CT molecular complexity index is 947. The van der Waals surface area contributed by atoms with Crippen LogP contribution in [0.15, 0.2) is 59.9 Å². The van der Waals surface area contributed by atoms with Crippen LogP contribution >= 0.6 is 0 Å². The molecule has 0 aliphatic carbocycles. The number of ether oxygens (including phenoxy) is 1. The summed E-state index contributed by atoms with van der Waals surface area (Å²) in [4.78, 5) is 19.5. The molecule has 1 aliphatic rings. The number of unbranched alkanes of at least 4 members (excludes halogenated alkanes) is 1. The number of hydrogen-bond acceptors (Lipinski definition) is 3. The normalized spacial score (nSPS) is 19.1. The quantitative estimate of drug-likeness (QED) is 0.212. The topological polar surface area (TPSA) is 37.2 Å². The fourth-order valence-corrected chi connectivity index (χ4v) is 5.25. The lowest BCUT2D eigenvalue weighted by atomic mass is 9.94. The molecule has 0 bridgehead atoms. The third-order valence-corrected chi connectivity index (χ3v) is 7.38. The lowest BCUT2D eigenvalue weighted by Gasteiger charge is -2.30. The van der Waals surface area contributed by atoms with Crippen LogP contribution in [0.2, 0.25) is 0 Å². The van der Waals surface area contributed by atoms with Crippen molar-refractivity contribution in [2.45, 2.75) is 86.1 Å². The number of amides is 1. The molecule has 0 aromatic heterocycles. The van der Waals surface area contributed by atoms with Crippen LogP contribution in [0.1, 0.15) is 78.7 Å². The van der Waals surface area contributed by atoms with E-state index in [4.69, 9.17) is 4.74 Å². The molecule has 1 heterocycles. The van der Waals surface area contributed by atoms with Crippen molar-refractivity contribution in [3.05, 3.63) is 65.5 Å². The average Bonchev–Trinajstić information content (AvgIpc) is 3.26. The summed E-state index contributed by atoms with van der Waals surface area (Å²) in [6, 6.07) is 8.80. The summed E-state index contributed by atoms with van der Waals surface area (Å²) in [7, 11) is 7.97. The van der Waals surface area contributed by atoms with Gasteiger partial charge in [0.15, 0.2) is 0 Å². The Morgan fingerprint density at radius 1 is 1.23 bits per heavy atom. The van der Waals surface area contributed by atoms with Crippen LogP contribution < -0.4 is 9.80 Å². The van der Waals surface area contributed by atoms with E-state index >= 15 is 0 Å². The van der Waals surface area contributed by atoms with Gasteiger partial charge < -0.3 is 14.5 Å². The van der Waals surface area contributed by atoms with E-state index in [1.54, 1.807) is 7.11 Å². The summed E-state index contributed by atoms with van der Waals surface area (Å²) in [6.07, 6.45) is 15.4. The van der Waals surface area contributed by atoms with Gasteiger partial charge in [-0.2, -0.15) is 0 Å². The summed E-state index contributed by atoms with van der Waals surface area (Å²) in [5.41, 5.74) is 3.35. The molecular weight excluding hydrogens is 494 g/mol. The Balaban J connectivity index is 0.00000187. The molecule has 0 radical (unpaired) electrons. The fraction of sp³-hybridized carbons (Fsp3) is 0.629. The molecule has 0 saturated carbocycles. The molecule has 1 aromatic rings. The van der Waals surface area contributed by atoms with Crippen LogP contribution in [0.3, 0.4) is 0 Å². The van der Waals surface area contributed by atoms with Gasteiger partial charge in [-0.05, 0) is 81.2 Å². The summed E-state index contributed by atoms with van der Waals surface area (Å²) < 4.78 is 5.53. The highest BCUT2D eigenvalue weighted by atomic mass is 16.5. The maximum atomic E-state index is 13.7. The number of methoxy groups -OCH3 is 1. The zero-order valence-corrected chi connectivity index (χ0v) is 27.4. The van der Waals surface area contributed by atoms with Gasteiger partial charge in [-0.3, -0.25) is 9.69 Å². The number of quaternary nitrogens is 1. The van der Waals surface area contributed by atoms with Gasteiger partial charge in [0.05, 0.1) is 34.8 Å². The molecule has 1 aromatic carbocycles. The number of aryl methyl sites for hydroxylation is 1. The highest BCUT2D eigenvalue weighted by Crippen LogP contribution is 2.30. The number of carbonyl (C=O) groups is 1. The molecule has 1 fully saturated rings. The number of allylic oxidation sites excluding steroid dienone is 4. The predicted octanol–water partition coefficient (Wildman–Crippen LogP) is 6.46. The largest absolute Gasteiger partial charge is 0.497 e. The molecule has 40 heavy (non-hydrogen) atoms. The van der Waals surface area contributed by atoms with E-state index in [1.165, 1.54) is 23.3 Å². The van der Waals surface area contributed by atoms with E-state index in [0.717, 1.165) is 55.8 Å². The second-order valence-electron chi connectivity index (χ2n) is 12.0. The summed E-state index contributed by atoms with van der Waals surface area (Å²) in [5, 5.41) is 0. The third-order valence-electron chi connectivity index (χ3n) is 7.38. The van der Waals surface area contributed by atoms with Gasteiger partial charge in [0, 0.05) is 24.8 Å². The van der Waals surface area contributed by atoms with Gasteiger partial charge in [0.2, 0.25) is 5.91 Å². The molecule has 2 rings (SSSR count). The number of rotatable bonds is 14. The molecule has 5 nitrogen and oxygen atoms in total. The number of anilines is 1. The number of nitrogens with zero attached hydrogens (tertiary/aromatic N) is 2. The standard InChI is InChI=1S/C32H50N2O2.C3H9N/c1-8-11-19-34(29-17-12-15-26(5)20-29)32(35)24-33-23-28(22-30(33)21-25(4)14-9-2)16-13-18-31(36-7)27(6)10-3;1-4(2)3/h10,12-13,15-18,20,25,28,30H,8-9,11,14,19,21-24H2,1-7H3;1-3H3/p+1/b16-13+,27-10-,31-18+;/t25?,28?,30-;/m0./s1. The molecule has 0 spiro atoms. The highest BCUT2D eigenvalue weighted by molar-refractivity contribution is 5.94. The van der Waals surface area contributed by atoms with Gasteiger partial charge in [-0.15, -0.1) is 0 Å². The zero-order chi connectivity index (χ0) is 30.1. The first-order chi connectivity index (χ1) is 19.1. The SMILES string of the molecule is C[NH+](C)C.C\C=C(C)/C(=C\C=C\C1C[C@H](CC(C)CCC)N(CC(=O)N(CCCC)c2cccc(C)c2)C1)OC. The van der Waals surface area contributed by atoms with Gasteiger partial charge >= 0.3 is 0 Å². The second kappa shape index (κ2) is 19.7. The van der Waals surface area contributed by atoms with Gasteiger partial charge in [0.1, 0.15) is 5.76 Å². The van der Waals surface area contributed by atoms with Crippen molar-refractivity contribution >= 4 is 11.6 Å². The van der Waals surface area contributed by atoms with E-state index in [0.29, 0.717) is 24.4 Å². The first kappa shape index (κ1) is 35.7. The van der Waals surface area contributed by atoms with Gasteiger partial charge in [-0.25, -0.2) is 0 Å². The number of likely N-dealkylation sites (tertiary alicyclic amines) is 1. The van der Waals surface area contributed by atoms with E-state index in [-0.39, 0.29) is 5.91 Å². The van der Waals surface area contributed by atoms with Crippen LogP contribution in [0.5, 0.6) is 0 Å². The average molecular weight is 555 g/mol. The van der Waals surface area contributed by atoms with Crippen molar-refractivity contribution in [3.63, 3.8) is 0 Å². The fourth-order valence-electron chi connectivity index (χ4n) is 5.25. The van der Waals surface area contributed by atoms with Crippen LogP contribution in [0.4, 0.5) is 5.69 Å². The lowest BCUT2D eigenvalue weighted by Crippen LogP contribution is -3.02. The number of hydrogen-bond donors (Lipinski definition) is 1. The molecule has 226 valence electrons. The van der Waals surface area contributed by atoms with Crippen LogP contribution in [0.25, 0.3) is 0 Å². The first-order valence-electron chi connectivity index (χ1n) is 15.5.